The average molecular weight is 260 g/mol. The fraction of sp³-hybridized carbons (Fsp3) is 0.562. The summed E-state index contributed by atoms with van der Waals surface area (Å²) in [6, 6.07) is 8.35. The summed E-state index contributed by atoms with van der Waals surface area (Å²) in [7, 11) is 0. The number of nitrogens with one attached hydrogen (secondary N) is 2. The van der Waals surface area contributed by atoms with Crippen LogP contribution in [0.4, 0.5) is 0 Å². The molecule has 2 N–H and O–H groups in total. The van der Waals surface area contributed by atoms with Crippen LogP contribution in [0.15, 0.2) is 24.3 Å². The molecule has 0 spiro atoms. The van der Waals surface area contributed by atoms with Gasteiger partial charge in [-0.1, -0.05) is 29.8 Å². The topological polar surface area (TPSA) is 41.1 Å². The van der Waals surface area contributed by atoms with Crippen molar-refractivity contribution in [1.29, 1.82) is 0 Å². The first-order valence-corrected chi connectivity index (χ1v) is 7.14. The van der Waals surface area contributed by atoms with Gasteiger partial charge < -0.3 is 10.6 Å². The maximum absolute atomic E-state index is 12.4. The van der Waals surface area contributed by atoms with Gasteiger partial charge in [-0.05, 0) is 52.1 Å². The SMILES string of the molecule is Cc1cccc([C@@H](C)NC(=O)C2(C)CCCCN2)c1. The van der Waals surface area contributed by atoms with Gasteiger partial charge in [0, 0.05) is 0 Å². The van der Waals surface area contributed by atoms with E-state index < -0.39 is 5.54 Å². The summed E-state index contributed by atoms with van der Waals surface area (Å²) in [6.45, 7) is 7.05. The van der Waals surface area contributed by atoms with E-state index in [-0.39, 0.29) is 11.9 Å². The van der Waals surface area contributed by atoms with E-state index in [9.17, 15) is 4.79 Å². The third-order valence-corrected chi connectivity index (χ3v) is 4.01. The number of benzene rings is 1. The Morgan fingerprint density at radius 2 is 2.21 bits per heavy atom. The summed E-state index contributed by atoms with van der Waals surface area (Å²) in [5.74, 6) is 0.112. The van der Waals surface area contributed by atoms with Crippen molar-refractivity contribution in [2.45, 2.75) is 51.6 Å². The van der Waals surface area contributed by atoms with Gasteiger partial charge in [0.15, 0.2) is 0 Å². The van der Waals surface area contributed by atoms with Crippen molar-refractivity contribution < 1.29 is 4.79 Å². The molecule has 3 heteroatoms. The minimum Gasteiger partial charge on any atom is -0.348 e. The van der Waals surface area contributed by atoms with E-state index in [4.69, 9.17) is 0 Å². The zero-order valence-electron chi connectivity index (χ0n) is 12.1. The fourth-order valence-corrected chi connectivity index (χ4v) is 2.63. The van der Waals surface area contributed by atoms with Gasteiger partial charge in [-0.2, -0.15) is 0 Å². The monoisotopic (exact) mass is 260 g/mol. The van der Waals surface area contributed by atoms with Crippen molar-refractivity contribution in [3.63, 3.8) is 0 Å². The van der Waals surface area contributed by atoms with E-state index >= 15 is 0 Å². The molecule has 1 fully saturated rings. The smallest absolute Gasteiger partial charge is 0.240 e. The van der Waals surface area contributed by atoms with Crippen molar-refractivity contribution in [2.75, 3.05) is 6.54 Å². The molecule has 19 heavy (non-hydrogen) atoms. The van der Waals surface area contributed by atoms with Gasteiger partial charge in [0.05, 0.1) is 11.6 Å². The maximum Gasteiger partial charge on any atom is 0.240 e. The highest BCUT2D eigenvalue weighted by molar-refractivity contribution is 5.86. The first-order chi connectivity index (χ1) is 9.01. The van der Waals surface area contributed by atoms with Gasteiger partial charge in [-0.3, -0.25) is 4.79 Å². The molecule has 0 bridgehead atoms. The van der Waals surface area contributed by atoms with Crippen LogP contribution in [0.5, 0.6) is 0 Å². The summed E-state index contributed by atoms with van der Waals surface area (Å²) in [5.41, 5.74) is 1.98. The summed E-state index contributed by atoms with van der Waals surface area (Å²) in [5, 5.41) is 6.48. The first kappa shape index (κ1) is 14.1. The molecule has 1 amide bonds. The van der Waals surface area contributed by atoms with Crippen LogP contribution in [0.25, 0.3) is 0 Å². The highest BCUT2D eigenvalue weighted by atomic mass is 16.2. The van der Waals surface area contributed by atoms with Crippen molar-refractivity contribution in [3.8, 4) is 0 Å². The lowest BCUT2D eigenvalue weighted by atomic mass is 9.89. The van der Waals surface area contributed by atoms with E-state index in [0.29, 0.717) is 0 Å². The molecular formula is C16H24N2O. The number of hydrogen-bond acceptors (Lipinski definition) is 2. The van der Waals surface area contributed by atoms with E-state index in [1.54, 1.807) is 0 Å². The summed E-state index contributed by atoms with van der Waals surface area (Å²) in [6.07, 6.45) is 3.20. The molecule has 1 aromatic rings. The third-order valence-electron chi connectivity index (χ3n) is 4.01. The van der Waals surface area contributed by atoms with Gasteiger partial charge in [-0.25, -0.2) is 0 Å². The third kappa shape index (κ3) is 3.35. The van der Waals surface area contributed by atoms with Crippen LogP contribution in [-0.4, -0.2) is 18.0 Å². The van der Waals surface area contributed by atoms with Gasteiger partial charge >= 0.3 is 0 Å². The molecule has 1 aromatic carbocycles. The van der Waals surface area contributed by atoms with Crippen molar-refractivity contribution >= 4 is 5.91 Å². The molecule has 1 unspecified atom stereocenters. The minimum atomic E-state index is -0.406. The number of carbonyl (C=O) groups excluding carboxylic acids is 1. The minimum absolute atomic E-state index is 0.0490. The van der Waals surface area contributed by atoms with Crippen LogP contribution in [0.3, 0.4) is 0 Å². The Balaban J connectivity index is 2.02. The first-order valence-electron chi connectivity index (χ1n) is 7.14. The van der Waals surface area contributed by atoms with Gasteiger partial charge in [0.25, 0.3) is 0 Å². The summed E-state index contributed by atoms with van der Waals surface area (Å²) in [4.78, 5) is 12.4. The van der Waals surface area contributed by atoms with Crippen molar-refractivity contribution in [3.05, 3.63) is 35.4 Å². The van der Waals surface area contributed by atoms with E-state index in [1.165, 1.54) is 5.56 Å². The molecule has 1 saturated heterocycles. The molecule has 0 radical (unpaired) electrons. The second kappa shape index (κ2) is 5.74. The number of hydrogen-bond donors (Lipinski definition) is 2. The zero-order chi connectivity index (χ0) is 13.9. The van der Waals surface area contributed by atoms with Crippen LogP contribution in [0.2, 0.25) is 0 Å². The number of piperidine rings is 1. The molecule has 0 saturated carbocycles. The molecular weight excluding hydrogens is 236 g/mol. The summed E-state index contributed by atoms with van der Waals surface area (Å²) >= 11 is 0. The molecule has 0 aliphatic carbocycles. The Hall–Kier alpha value is -1.35. The lowest BCUT2D eigenvalue weighted by molar-refractivity contribution is -0.128. The largest absolute Gasteiger partial charge is 0.348 e. The van der Waals surface area contributed by atoms with E-state index in [0.717, 1.165) is 31.4 Å². The normalized spacial score (nSPS) is 24.8. The van der Waals surface area contributed by atoms with E-state index in [2.05, 4.69) is 35.8 Å². The molecule has 1 heterocycles. The maximum atomic E-state index is 12.4. The standard InChI is InChI=1S/C16H24N2O/c1-12-7-6-8-14(11-12)13(2)18-15(19)16(3)9-4-5-10-17-16/h6-8,11,13,17H,4-5,9-10H2,1-3H3,(H,18,19)/t13-,16?/m1/s1. The zero-order valence-corrected chi connectivity index (χ0v) is 12.1. The van der Waals surface area contributed by atoms with Crippen LogP contribution < -0.4 is 10.6 Å². The van der Waals surface area contributed by atoms with E-state index in [1.807, 2.05) is 19.9 Å². The summed E-state index contributed by atoms with van der Waals surface area (Å²) < 4.78 is 0. The number of carbonyl (C=O) groups is 1. The molecule has 1 aliphatic heterocycles. The lowest BCUT2D eigenvalue weighted by Gasteiger charge is -2.34. The number of rotatable bonds is 3. The average Bonchev–Trinajstić information content (AvgIpc) is 2.39. The Kier molecular flexibility index (Phi) is 4.25. The predicted molar refractivity (Wildman–Crippen MR) is 78.0 cm³/mol. The molecule has 2 rings (SSSR count). The van der Waals surface area contributed by atoms with Crippen LogP contribution in [-0.2, 0) is 4.79 Å². The molecule has 104 valence electrons. The predicted octanol–water partition coefficient (Wildman–Crippen LogP) is 2.70. The molecule has 0 aromatic heterocycles. The molecule has 2 atom stereocenters. The number of amides is 1. The highest BCUT2D eigenvalue weighted by Crippen LogP contribution is 2.21. The van der Waals surface area contributed by atoms with Crippen LogP contribution in [0.1, 0.15) is 50.3 Å². The van der Waals surface area contributed by atoms with Crippen molar-refractivity contribution in [1.82, 2.24) is 10.6 Å². The van der Waals surface area contributed by atoms with Gasteiger partial charge in [-0.15, -0.1) is 0 Å². The Morgan fingerprint density at radius 1 is 1.42 bits per heavy atom. The van der Waals surface area contributed by atoms with Gasteiger partial charge in [0.1, 0.15) is 0 Å². The molecule has 1 aliphatic rings. The Morgan fingerprint density at radius 3 is 2.84 bits per heavy atom. The number of aryl methyl sites for hydroxylation is 1. The van der Waals surface area contributed by atoms with Crippen molar-refractivity contribution in [2.24, 2.45) is 0 Å². The fourth-order valence-electron chi connectivity index (χ4n) is 2.63. The Bertz CT molecular complexity index is 450. The second-order valence-corrected chi connectivity index (χ2v) is 5.83. The Labute approximate surface area is 115 Å². The second-order valence-electron chi connectivity index (χ2n) is 5.83. The van der Waals surface area contributed by atoms with Crippen LogP contribution in [0, 0.1) is 6.92 Å². The van der Waals surface area contributed by atoms with Crippen LogP contribution >= 0.6 is 0 Å². The quantitative estimate of drug-likeness (QED) is 0.877. The van der Waals surface area contributed by atoms with Gasteiger partial charge in [0.2, 0.25) is 5.91 Å². The lowest BCUT2D eigenvalue weighted by Crippen LogP contribution is -2.57. The highest BCUT2D eigenvalue weighted by Gasteiger charge is 2.34. The molecule has 3 nitrogen and oxygen atoms in total.